The van der Waals surface area contributed by atoms with E-state index in [9.17, 15) is 9.18 Å². The monoisotopic (exact) mass is 272 g/mol. The Kier molecular flexibility index (Phi) is 4.49. The molecule has 0 aliphatic carbocycles. The van der Waals surface area contributed by atoms with Crippen molar-refractivity contribution in [1.82, 2.24) is 0 Å². The molecule has 15 heavy (non-hydrogen) atoms. The van der Waals surface area contributed by atoms with Gasteiger partial charge in [0.15, 0.2) is 17.9 Å². The number of hydrogen-bond acceptors (Lipinski definition) is 2. The van der Waals surface area contributed by atoms with E-state index in [1.54, 1.807) is 6.08 Å². The highest BCUT2D eigenvalue weighted by atomic mass is 79.9. The molecule has 1 aromatic rings. The summed E-state index contributed by atoms with van der Waals surface area (Å²) in [5.41, 5.74) is 0.200. The summed E-state index contributed by atoms with van der Waals surface area (Å²) in [6, 6.07) is 2.77. The Labute approximate surface area is 95.9 Å². The number of rotatable bonds is 5. The van der Waals surface area contributed by atoms with Crippen molar-refractivity contribution in [2.24, 2.45) is 0 Å². The number of aldehydes is 1. The van der Waals surface area contributed by atoms with Crippen LogP contribution in [0.4, 0.5) is 4.39 Å². The number of carbonyl (C=O) groups is 1. The van der Waals surface area contributed by atoms with Crippen molar-refractivity contribution in [2.75, 3.05) is 6.61 Å². The molecule has 0 radical (unpaired) electrons. The second kappa shape index (κ2) is 5.66. The van der Waals surface area contributed by atoms with Crippen LogP contribution in [-0.4, -0.2) is 12.9 Å². The fraction of sp³-hybridized carbons (Fsp3) is 0.182. The van der Waals surface area contributed by atoms with Gasteiger partial charge in [-0.25, -0.2) is 4.39 Å². The largest absolute Gasteiger partial charge is 0.489 e. The van der Waals surface area contributed by atoms with E-state index in [2.05, 4.69) is 22.5 Å². The van der Waals surface area contributed by atoms with Crippen LogP contribution in [-0.2, 0) is 0 Å². The summed E-state index contributed by atoms with van der Waals surface area (Å²) in [5, 5.41) is 0. The van der Waals surface area contributed by atoms with Crippen molar-refractivity contribution in [3.8, 4) is 5.75 Å². The molecule has 0 saturated heterocycles. The molecule has 0 aliphatic heterocycles. The predicted octanol–water partition coefficient (Wildman–Crippen LogP) is 3.36. The van der Waals surface area contributed by atoms with Gasteiger partial charge in [0.25, 0.3) is 0 Å². The maximum atomic E-state index is 13.4. The van der Waals surface area contributed by atoms with Crippen LogP contribution < -0.4 is 4.74 Å². The molecule has 80 valence electrons. The summed E-state index contributed by atoms with van der Waals surface area (Å²) in [4.78, 5) is 10.7. The summed E-state index contributed by atoms with van der Waals surface area (Å²) >= 11 is 3.10. The molecule has 1 aromatic carbocycles. The molecule has 0 saturated carbocycles. The van der Waals surface area contributed by atoms with Gasteiger partial charge in [0, 0.05) is 4.47 Å². The van der Waals surface area contributed by atoms with Gasteiger partial charge in [-0.3, -0.25) is 4.79 Å². The Morgan fingerprint density at radius 1 is 1.53 bits per heavy atom. The second-order valence-electron chi connectivity index (χ2n) is 2.85. The third-order valence-corrected chi connectivity index (χ3v) is 2.19. The first-order valence-corrected chi connectivity index (χ1v) is 5.16. The third kappa shape index (κ3) is 3.16. The van der Waals surface area contributed by atoms with E-state index in [0.717, 1.165) is 0 Å². The van der Waals surface area contributed by atoms with Crippen LogP contribution >= 0.6 is 15.9 Å². The van der Waals surface area contributed by atoms with Crippen LogP contribution in [0.15, 0.2) is 29.3 Å². The minimum Gasteiger partial charge on any atom is -0.489 e. The summed E-state index contributed by atoms with van der Waals surface area (Å²) in [6.45, 7) is 3.83. The van der Waals surface area contributed by atoms with Crippen LogP contribution in [0.3, 0.4) is 0 Å². The molecule has 0 N–H and O–H groups in total. The molecule has 0 spiro atoms. The van der Waals surface area contributed by atoms with Gasteiger partial charge in [0.2, 0.25) is 0 Å². The van der Waals surface area contributed by atoms with Crippen molar-refractivity contribution in [3.05, 3.63) is 40.6 Å². The lowest BCUT2D eigenvalue weighted by atomic mass is 10.2. The van der Waals surface area contributed by atoms with Gasteiger partial charge >= 0.3 is 0 Å². The summed E-state index contributed by atoms with van der Waals surface area (Å²) in [7, 11) is 0. The van der Waals surface area contributed by atoms with Crippen molar-refractivity contribution in [1.29, 1.82) is 0 Å². The maximum absolute atomic E-state index is 13.4. The highest BCUT2D eigenvalue weighted by molar-refractivity contribution is 9.10. The molecule has 0 bridgehead atoms. The fourth-order valence-corrected chi connectivity index (χ4v) is 1.51. The maximum Gasteiger partial charge on any atom is 0.166 e. The molecular weight excluding hydrogens is 263 g/mol. The highest BCUT2D eigenvalue weighted by Gasteiger charge is 2.10. The van der Waals surface area contributed by atoms with Gasteiger partial charge in [-0.1, -0.05) is 22.0 Å². The van der Waals surface area contributed by atoms with Crippen LogP contribution in [0.1, 0.15) is 16.8 Å². The molecule has 0 aliphatic rings. The standard InChI is InChI=1S/C11H10BrFO2/c1-2-3-4-15-11-8(7-14)5-9(12)6-10(11)13/h2,5-7H,1,3-4H2. The lowest BCUT2D eigenvalue weighted by Crippen LogP contribution is -2.01. The van der Waals surface area contributed by atoms with Gasteiger partial charge in [-0.15, -0.1) is 6.58 Å². The lowest BCUT2D eigenvalue weighted by molar-refractivity contribution is 0.111. The van der Waals surface area contributed by atoms with E-state index in [4.69, 9.17) is 4.74 Å². The first kappa shape index (κ1) is 11.9. The van der Waals surface area contributed by atoms with Crippen molar-refractivity contribution in [2.45, 2.75) is 6.42 Å². The molecule has 0 unspecified atom stereocenters. The Balaban J connectivity index is 2.93. The molecule has 1 rings (SSSR count). The molecule has 0 atom stereocenters. The Bertz CT molecular complexity index is 377. The smallest absolute Gasteiger partial charge is 0.166 e. The van der Waals surface area contributed by atoms with Crippen molar-refractivity contribution >= 4 is 22.2 Å². The number of hydrogen-bond donors (Lipinski definition) is 0. The third-order valence-electron chi connectivity index (χ3n) is 1.73. The Morgan fingerprint density at radius 2 is 2.27 bits per heavy atom. The van der Waals surface area contributed by atoms with E-state index in [1.807, 2.05) is 0 Å². The number of benzene rings is 1. The van der Waals surface area contributed by atoms with Crippen LogP contribution in [0.5, 0.6) is 5.75 Å². The zero-order chi connectivity index (χ0) is 11.3. The molecule has 0 amide bonds. The minimum absolute atomic E-state index is 0.00458. The quantitative estimate of drug-likeness (QED) is 0.467. The predicted molar refractivity (Wildman–Crippen MR) is 59.8 cm³/mol. The highest BCUT2D eigenvalue weighted by Crippen LogP contribution is 2.26. The van der Waals surface area contributed by atoms with E-state index in [1.165, 1.54) is 12.1 Å². The van der Waals surface area contributed by atoms with Crippen LogP contribution in [0.2, 0.25) is 0 Å². The Hall–Kier alpha value is -1.16. The second-order valence-corrected chi connectivity index (χ2v) is 3.77. The van der Waals surface area contributed by atoms with Crippen molar-refractivity contribution < 1.29 is 13.9 Å². The SMILES string of the molecule is C=CCCOc1c(F)cc(Br)cc1C=O. The van der Waals surface area contributed by atoms with Crippen molar-refractivity contribution in [3.63, 3.8) is 0 Å². The van der Waals surface area contributed by atoms with Gasteiger partial charge in [-0.2, -0.15) is 0 Å². The van der Waals surface area contributed by atoms with Gasteiger partial charge in [0.1, 0.15) is 0 Å². The number of halogens is 2. The molecular formula is C11H10BrFO2. The average molecular weight is 273 g/mol. The van der Waals surface area contributed by atoms with Gasteiger partial charge in [0.05, 0.1) is 12.2 Å². The van der Waals surface area contributed by atoms with E-state index >= 15 is 0 Å². The molecule has 2 nitrogen and oxygen atoms in total. The minimum atomic E-state index is -0.546. The van der Waals surface area contributed by atoms with E-state index in [0.29, 0.717) is 23.8 Å². The van der Waals surface area contributed by atoms with Crippen LogP contribution in [0, 0.1) is 5.82 Å². The van der Waals surface area contributed by atoms with Gasteiger partial charge < -0.3 is 4.74 Å². The lowest BCUT2D eigenvalue weighted by Gasteiger charge is -2.08. The zero-order valence-electron chi connectivity index (χ0n) is 8.00. The molecule has 0 fully saturated rings. The number of carbonyl (C=O) groups excluding carboxylic acids is 1. The Morgan fingerprint density at radius 3 is 2.87 bits per heavy atom. The van der Waals surface area contributed by atoms with E-state index < -0.39 is 5.82 Å². The fourth-order valence-electron chi connectivity index (χ4n) is 1.06. The average Bonchev–Trinajstić information content (AvgIpc) is 2.20. The summed E-state index contributed by atoms with van der Waals surface area (Å²) in [5.74, 6) is -0.550. The van der Waals surface area contributed by atoms with Crippen LogP contribution in [0.25, 0.3) is 0 Å². The normalized spacial score (nSPS) is 9.73. The first-order chi connectivity index (χ1) is 7.19. The van der Waals surface area contributed by atoms with Gasteiger partial charge in [-0.05, 0) is 18.6 Å². The summed E-state index contributed by atoms with van der Waals surface area (Å²) < 4.78 is 19.1. The molecule has 0 aromatic heterocycles. The number of ether oxygens (including phenoxy) is 1. The summed E-state index contributed by atoms with van der Waals surface area (Å²) in [6.07, 6.45) is 2.84. The molecule has 0 heterocycles. The van der Waals surface area contributed by atoms with E-state index in [-0.39, 0.29) is 11.3 Å². The topological polar surface area (TPSA) is 26.3 Å². The zero-order valence-corrected chi connectivity index (χ0v) is 9.59. The first-order valence-electron chi connectivity index (χ1n) is 4.37. The molecule has 4 heteroatoms.